The third-order valence-electron chi connectivity index (χ3n) is 2.54. The molecule has 0 aromatic heterocycles. The van der Waals surface area contributed by atoms with E-state index >= 15 is 0 Å². The van der Waals surface area contributed by atoms with Crippen LogP contribution in [0.4, 0.5) is 0 Å². The zero-order chi connectivity index (χ0) is 10.0. The molecule has 5 nitrogen and oxygen atoms in total. The number of piperidine rings is 1. The van der Waals surface area contributed by atoms with E-state index in [4.69, 9.17) is 11.5 Å². The molecule has 1 saturated heterocycles. The Morgan fingerprint density at radius 3 is 2.31 bits per heavy atom. The molecule has 0 radical (unpaired) electrons. The maximum Gasteiger partial charge on any atom is 0.235 e. The second-order valence-electron chi connectivity index (χ2n) is 3.48. The van der Waals surface area contributed by atoms with Crippen LogP contribution >= 0.6 is 0 Å². The van der Waals surface area contributed by atoms with Gasteiger partial charge in [0.15, 0.2) is 0 Å². The van der Waals surface area contributed by atoms with E-state index in [-0.39, 0.29) is 0 Å². The van der Waals surface area contributed by atoms with E-state index in [1.165, 1.54) is 0 Å². The predicted octanol–water partition coefficient (Wildman–Crippen LogP) is -1.33. The minimum atomic E-state index is -0.522. The van der Waals surface area contributed by atoms with Crippen molar-refractivity contribution in [2.45, 2.75) is 18.9 Å². The van der Waals surface area contributed by atoms with Crippen LogP contribution in [0, 0.1) is 5.92 Å². The van der Waals surface area contributed by atoms with Crippen molar-refractivity contribution in [1.29, 1.82) is 0 Å². The van der Waals surface area contributed by atoms with Gasteiger partial charge in [0, 0.05) is 0 Å². The highest BCUT2D eigenvalue weighted by Gasteiger charge is 2.36. The lowest BCUT2D eigenvalue weighted by Gasteiger charge is -2.35. The number of likely N-dealkylation sites (N-methyl/N-ethyl adjacent to an activating group) is 1. The molecule has 1 heterocycles. The number of nitrogens with zero attached hydrogens (tertiary/aromatic N) is 1. The topological polar surface area (TPSA) is 89.4 Å². The SMILES string of the molecule is CN1CCCC(C(N)=O)C1C(N)=O. The van der Waals surface area contributed by atoms with Crippen LogP contribution in [0.2, 0.25) is 0 Å². The van der Waals surface area contributed by atoms with Gasteiger partial charge in [0.2, 0.25) is 11.8 Å². The Morgan fingerprint density at radius 2 is 1.92 bits per heavy atom. The molecule has 0 aromatic rings. The Kier molecular flexibility index (Phi) is 2.87. The van der Waals surface area contributed by atoms with Crippen LogP contribution in [0.3, 0.4) is 0 Å². The molecule has 5 heteroatoms. The van der Waals surface area contributed by atoms with Gasteiger partial charge in [0.05, 0.1) is 5.92 Å². The van der Waals surface area contributed by atoms with Crippen LogP contribution in [0.25, 0.3) is 0 Å². The fourth-order valence-corrected chi connectivity index (χ4v) is 1.88. The highest BCUT2D eigenvalue weighted by Crippen LogP contribution is 2.21. The zero-order valence-corrected chi connectivity index (χ0v) is 7.69. The van der Waals surface area contributed by atoms with E-state index in [1.54, 1.807) is 11.9 Å². The van der Waals surface area contributed by atoms with Crippen LogP contribution in [-0.2, 0) is 9.59 Å². The monoisotopic (exact) mass is 185 g/mol. The first-order valence-corrected chi connectivity index (χ1v) is 4.33. The molecule has 74 valence electrons. The molecule has 13 heavy (non-hydrogen) atoms. The fraction of sp³-hybridized carbons (Fsp3) is 0.750. The second kappa shape index (κ2) is 3.74. The third kappa shape index (κ3) is 1.98. The second-order valence-corrected chi connectivity index (χ2v) is 3.48. The van der Waals surface area contributed by atoms with Crippen molar-refractivity contribution in [3.63, 3.8) is 0 Å². The molecule has 0 bridgehead atoms. The van der Waals surface area contributed by atoms with E-state index in [9.17, 15) is 9.59 Å². The molecule has 1 rings (SSSR count). The summed E-state index contributed by atoms with van der Waals surface area (Å²) in [6, 6.07) is -0.522. The van der Waals surface area contributed by atoms with Crippen LogP contribution in [0.5, 0.6) is 0 Å². The van der Waals surface area contributed by atoms with Crippen molar-refractivity contribution in [3.05, 3.63) is 0 Å². The van der Waals surface area contributed by atoms with Crippen molar-refractivity contribution < 1.29 is 9.59 Å². The molecule has 0 spiro atoms. The van der Waals surface area contributed by atoms with Gasteiger partial charge in [-0.05, 0) is 26.4 Å². The zero-order valence-electron chi connectivity index (χ0n) is 7.69. The Balaban J connectivity index is 2.80. The number of hydrogen-bond donors (Lipinski definition) is 2. The molecule has 0 aromatic carbocycles. The van der Waals surface area contributed by atoms with Gasteiger partial charge in [-0.15, -0.1) is 0 Å². The molecule has 0 saturated carbocycles. The van der Waals surface area contributed by atoms with E-state index in [2.05, 4.69) is 0 Å². The summed E-state index contributed by atoms with van der Waals surface area (Å²) in [5.41, 5.74) is 10.4. The molecular formula is C8H15N3O2. The first-order chi connectivity index (χ1) is 6.04. The summed E-state index contributed by atoms with van der Waals surface area (Å²) in [5, 5.41) is 0. The predicted molar refractivity (Wildman–Crippen MR) is 47.5 cm³/mol. The number of amides is 2. The number of rotatable bonds is 2. The molecule has 2 unspecified atom stereocenters. The van der Waals surface area contributed by atoms with E-state index in [0.29, 0.717) is 6.42 Å². The van der Waals surface area contributed by atoms with Gasteiger partial charge in [0.25, 0.3) is 0 Å². The molecule has 1 aliphatic heterocycles. The normalized spacial score (nSPS) is 29.9. The van der Waals surface area contributed by atoms with Crippen molar-refractivity contribution in [3.8, 4) is 0 Å². The number of hydrogen-bond acceptors (Lipinski definition) is 3. The fourth-order valence-electron chi connectivity index (χ4n) is 1.88. The highest BCUT2D eigenvalue weighted by molar-refractivity contribution is 5.88. The van der Waals surface area contributed by atoms with Gasteiger partial charge in [-0.25, -0.2) is 0 Å². The molecule has 2 amide bonds. The van der Waals surface area contributed by atoms with Crippen molar-refractivity contribution in [2.24, 2.45) is 17.4 Å². The molecule has 4 N–H and O–H groups in total. The van der Waals surface area contributed by atoms with Crippen LogP contribution in [-0.4, -0.2) is 36.3 Å². The summed E-state index contributed by atoms with van der Waals surface area (Å²) in [5.74, 6) is -1.32. The third-order valence-corrected chi connectivity index (χ3v) is 2.54. The van der Waals surface area contributed by atoms with Gasteiger partial charge >= 0.3 is 0 Å². The summed E-state index contributed by atoms with van der Waals surface area (Å²) in [4.78, 5) is 23.8. The molecule has 0 aliphatic carbocycles. The Morgan fingerprint density at radius 1 is 1.31 bits per heavy atom. The largest absolute Gasteiger partial charge is 0.369 e. The van der Waals surface area contributed by atoms with Crippen molar-refractivity contribution in [2.75, 3.05) is 13.6 Å². The molecule has 2 atom stereocenters. The summed E-state index contributed by atoms with van der Waals surface area (Å²) in [6.45, 7) is 0.789. The van der Waals surface area contributed by atoms with Crippen LogP contribution in [0.1, 0.15) is 12.8 Å². The van der Waals surface area contributed by atoms with Crippen molar-refractivity contribution in [1.82, 2.24) is 4.90 Å². The van der Waals surface area contributed by atoms with Gasteiger partial charge in [0.1, 0.15) is 6.04 Å². The number of nitrogens with two attached hydrogens (primary N) is 2. The first kappa shape index (κ1) is 9.98. The first-order valence-electron chi connectivity index (χ1n) is 4.33. The summed E-state index contributed by atoms with van der Waals surface area (Å²) >= 11 is 0. The number of primary amides is 2. The van der Waals surface area contributed by atoms with Crippen LogP contribution < -0.4 is 11.5 Å². The summed E-state index contributed by atoms with van der Waals surface area (Å²) < 4.78 is 0. The lowest BCUT2D eigenvalue weighted by molar-refractivity contribution is -0.134. The average molecular weight is 185 g/mol. The van der Waals surface area contributed by atoms with Gasteiger partial charge in [-0.2, -0.15) is 0 Å². The lowest BCUT2D eigenvalue weighted by atomic mass is 9.88. The Bertz CT molecular complexity index is 229. The Hall–Kier alpha value is -1.10. The van der Waals surface area contributed by atoms with Crippen molar-refractivity contribution >= 4 is 11.8 Å². The van der Waals surface area contributed by atoms with E-state index in [0.717, 1.165) is 13.0 Å². The van der Waals surface area contributed by atoms with Gasteiger partial charge in [-0.3, -0.25) is 14.5 Å². The number of carbonyl (C=O) groups excluding carboxylic acids is 2. The maximum absolute atomic E-state index is 11.1. The quantitative estimate of drug-likeness (QED) is 0.558. The highest BCUT2D eigenvalue weighted by atomic mass is 16.2. The van der Waals surface area contributed by atoms with Crippen LogP contribution in [0.15, 0.2) is 0 Å². The molecular weight excluding hydrogens is 170 g/mol. The van der Waals surface area contributed by atoms with E-state index in [1.807, 2.05) is 0 Å². The van der Waals surface area contributed by atoms with Gasteiger partial charge < -0.3 is 11.5 Å². The average Bonchev–Trinajstić information content (AvgIpc) is 2.02. The number of carbonyl (C=O) groups is 2. The Labute approximate surface area is 77.1 Å². The summed E-state index contributed by atoms with van der Waals surface area (Å²) in [7, 11) is 1.78. The minimum absolute atomic E-state index is 0.420. The van der Waals surface area contributed by atoms with E-state index < -0.39 is 23.8 Å². The lowest BCUT2D eigenvalue weighted by Crippen LogP contribution is -2.54. The maximum atomic E-state index is 11.1. The number of likely N-dealkylation sites (tertiary alicyclic amines) is 1. The molecule has 1 fully saturated rings. The molecule has 1 aliphatic rings. The van der Waals surface area contributed by atoms with Gasteiger partial charge in [-0.1, -0.05) is 0 Å². The summed E-state index contributed by atoms with van der Waals surface area (Å²) in [6.07, 6.45) is 1.54. The smallest absolute Gasteiger partial charge is 0.235 e. The standard InChI is InChI=1S/C8H15N3O2/c1-11-4-2-3-5(7(9)12)6(11)8(10)13/h5-6H,2-4H2,1H3,(H2,9,12)(H2,10,13). The minimum Gasteiger partial charge on any atom is -0.369 e.